The second-order valence-electron chi connectivity index (χ2n) is 4.47. The van der Waals surface area contributed by atoms with Gasteiger partial charge in [0.15, 0.2) is 6.10 Å². The molecule has 0 spiro atoms. The summed E-state index contributed by atoms with van der Waals surface area (Å²) in [5.41, 5.74) is -0.337. The first-order chi connectivity index (χ1) is 9.49. The third-order valence-electron chi connectivity index (χ3n) is 3.08. The molecule has 0 bridgehead atoms. The third kappa shape index (κ3) is 3.11. The summed E-state index contributed by atoms with van der Waals surface area (Å²) in [6.07, 6.45) is -1.26. The topological polar surface area (TPSA) is 75.6 Å². The van der Waals surface area contributed by atoms with Crippen molar-refractivity contribution in [2.75, 3.05) is 6.61 Å². The van der Waals surface area contributed by atoms with E-state index in [2.05, 4.69) is 5.32 Å². The Morgan fingerprint density at radius 1 is 1.35 bits per heavy atom. The van der Waals surface area contributed by atoms with Crippen LogP contribution in [0.25, 0.3) is 0 Å². The predicted octanol–water partition coefficient (Wildman–Crippen LogP) is 0.866. The van der Waals surface area contributed by atoms with E-state index in [0.717, 1.165) is 12.1 Å². The zero-order chi connectivity index (χ0) is 14.7. The van der Waals surface area contributed by atoms with Crippen molar-refractivity contribution in [2.45, 2.75) is 25.0 Å². The lowest BCUT2D eigenvalue weighted by Gasteiger charge is -2.16. The van der Waals surface area contributed by atoms with Crippen LogP contribution in [0.3, 0.4) is 0 Å². The maximum atomic E-state index is 13.4. The van der Waals surface area contributed by atoms with Crippen LogP contribution >= 0.6 is 0 Å². The molecule has 108 valence electrons. The Labute approximate surface area is 113 Å². The summed E-state index contributed by atoms with van der Waals surface area (Å²) in [5.74, 6) is -3.43. The number of ether oxygens (including phenoxy) is 1. The van der Waals surface area contributed by atoms with Crippen LogP contribution in [-0.2, 0) is 20.7 Å². The smallest absolute Gasteiger partial charge is 0.334 e. The zero-order valence-corrected chi connectivity index (χ0v) is 10.4. The Morgan fingerprint density at radius 2 is 2.00 bits per heavy atom. The molecule has 1 aromatic carbocycles. The Bertz CT molecular complexity index is 515. The highest BCUT2D eigenvalue weighted by Crippen LogP contribution is 2.16. The van der Waals surface area contributed by atoms with Crippen molar-refractivity contribution >= 4 is 11.9 Å². The summed E-state index contributed by atoms with van der Waals surface area (Å²) in [7, 11) is 0. The number of benzene rings is 1. The van der Waals surface area contributed by atoms with Crippen LogP contribution in [0.2, 0.25) is 0 Å². The molecule has 1 fully saturated rings. The third-order valence-corrected chi connectivity index (χ3v) is 3.08. The number of aliphatic carboxylic acids is 1. The molecule has 1 saturated heterocycles. The number of carboxylic acid groups (broad SMARTS) is 1. The van der Waals surface area contributed by atoms with E-state index in [1.54, 1.807) is 0 Å². The minimum Gasteiger partial charge on any atom is -0.479 e. The number of carbonyl (C=O) groups excluding carboxylic acids is 1. The van der Waals surface area contributed by atoms with Crippen molar-refractivity contribution in [2.24, 2.45) is 0 Å². The fourth-order valence-corrected chi connectivity index (χ4v) is 2.10. The zero-order valence-electron chi connectivity index (χ0n) is 10.4. The monoisotopic (exact) mass is 285 g/mol. The largest absolute Gasteiger partial charge is 0.479 e. The SMILES string of the molecule is O=C(Cc1c(F)cccc1F)N[C@H]1CCO[C@H]1C(=O)O. The van der Waals surface area contributed by atoms with E-state index < -0.39 is 42.1 Å². The summed E-state index contributed by atoms with van der Waals surface area (Å²) in [6, 6.07) is 2.64. The molecule has 1 aliphatic rings. The Morgan fingerprint density at radius 3 is 2.60 bits per heavy atom. The van der Waals surface area contributed by atoms with Crippen molar-refractivity contribution in [3.63, 3.8) is 0 Å². The number of carbonyl (C=O) groups is 2. The first kappa shape index (κ1) is 14.4. The minimum absolute atomic E-state index is 0.218. The van der Waals surface area contributed by atoms with Crippen LogP contribution in [0.15, 0.2) is 18.2 Å². The number of amides is 1. The molecule has 7 heteroatoms. The minimum atomic E-state index is -1.18. The second-order valence-corrected chi connectivity index (χ2v) is 4.47. The average molecular weight is 285 g/mol. The molecule has 5 nitrogen and oxygen atoms in total. The number of rotatable bonds is 4. The highest BCUT2D eigenvalue weighted by atomic mass is 19.1. The molecule has 20 heavy (non-hydrogen) atoms. The molecule has 1 amide bonds. The number of nitrogens with one attached hydrogen (secondary N) is 1. The number of halogens is 2. The van der Waals surface area contributed by atoms with Gasteiger partial charge in [-0.05, 0) is 18.6 Å². The Balaban J connectivity index is 2.01. The van der Waals surface area contributed by atoms with E-state index in [4.69, 9.17) is 9.84 Å². The van der Waals surface area contributed by atoms with Gasteiger partial charge in [-0.2, -0.15) is 0 Å². The number of hydrogen-bond acceptors (Lipinski definition) is 3. The molecule has 0 aliphatic carbocycles. The van der Waals surface area contributed by atoms with Gasteiger partial charge in [0.1, 0.15) is 11.6 Å². The van der Waals surface area contributed by atoms with Crippen LogP contribution in [0.1, 0.15) is 12.0 Å². The quantitative estimate of drug-likeness (QED) is 0.860. The maximum absolute atomic E-state index is 13.4. The van der Waals surface area contributed by atoms with Gasteiger partial charge in [0.25, 0.3) is 0 Å². The molecule has 0 unspecified atom stereocenters. The van der Waals surface area contributed by atoms with E-state index in [0.29, 0.717) is 6.42 Å². The molecule has 2 rings (SSSR count). The van der Waals surface area contributed by atoms with Gasteiger partial charge in [-0.3, -0.25) is 4.79 Å². The molecular formula is C13H13F2NO4. The van der Waals surface area contributed by atoms with Crippen molar-refractivity contribution in [1.29, 1.82) is 0 Å². The summed E-state index contributed by atoms with van der Waals surface area (Å²) < 4.78 is 31.7. The van der Waals surface area contributed by atoms with Gasteiger partial charge in [0, 0.05) is 12.2 Å². The standard InChI is InChI=1S/C13H13F2NO4/c14-8-2-1-3-9(15)7(8)6-11(17)16-10-4-5-20-12(10)13(18)19/h1-3,10,12H,4-6H2,(H,16,17)(H,18,19)/t10-,12+/m0/s1. The van der Waals surface area contributed by atoms with E-state index in [1.165, 1.54) is 6.07 Å². The highest BCUT2D eigenvalue weighted by molar-refractivity contribution is 5.81. The lowest BCUT2D eigenvalue weighted by atomic mass is 10.1. The first-order valence-electron chi connectivity index (χ1n) is 6.05. The molecule has 1 aliphatic heterocycles. The van der Waals surface area contributed by atoms with Gasteiger partial charge < -0.3 is 15.2 Å². The number of carboxylic acids is 1. The fourth-order valence-electron chi connectivity index (χ4n) is 2.10. The van der Waals surface area contributed by atoms with Gasteiger partial charge in [0.05, 0.1) is 12.5 Å². The highest BCUT2D eigenvalue weighted by Gasteiger charge is 2.35. The van der Waals surface area contributed by atoms with Crippen LogP contribution in [0.5, 0.6) is 0 Å². The molecule has 0 aromatic heterocycles. The fraction of sp³-hybridized carbons (Fsp3) is 0.385. The van der Waals surface area contributed by atoms with Gasteiger partial charge in [-0.15, -0.1) is 0 Å². The van der Waals surface area contributed by atoms with E-state index in [1.807, 2.05) is 0 Å². The Kier molecular flexibility index (Phi) is 4.29. The molecule has 1 heterocycles. The normalized spacial score (nSPS) is 21.7. The Hall–Kier alpha value is -2.02. The van der Waals surface area contributed by atoms with E-state index in [9.17, 15) is 18.4 Å². The van der Waals surface area contributed by atoms with Gasteiger partial charge in [-0.1, -0.05) is 6.07 Å². The van der Waals surface area contributed by atoms with Gasteiger partial charge in [0.2, 0.25) is 5.91 Å². The van der Waals surface area contributed by atoms with E-state index in [-0.39, 0.29) is 12.2 Å². The van der Waals surface area contributed by atoms with Gasteiger partial charge >= 0.3 is 5.97 Å². The molecule has 0 saturated carbocycles. The first-order valence-corrected chi connectivity index (χ1v) is 6.05. The van der Waals surface area contributed by atoms with Crippen molar-refractivity contribution in [3.8, 4) is 0 Å². The predicted molar refractivity (Wildman–Crippen MR) is 64.0 cm³/mol. The lowest BCUT2D eigenvalue weighted by Crippen LogP contribution is -2.44. The van der Waals surface area contributed by atoms with Crippen LogP contribution in [0.4, 0.5) is 8.78 Å². The molecule has 0 radical (unpaired) electrons. The second kappa shape index (κ2) is 5.96. The molecular weight excluding hydrogens is 272 g/mol. The average Bonchev–Trinajstić information content (AvgIpc) is 2.82. The van der Waals surface area contributed by atoms with Crippen molar-refractivity contribution in [1.82, 2.24) is 5.32 Å². The summed E-state index contributed by atoms with van der Waals surface area (Å²) in [5, 5.41) is 11.3. The molecule has 2 N–H and O–H groups in total. The summed E-state index contributed by atoms with van der Waals surface area (Å²) in [4.78, 5) is 22.6. The summed E-state index contributed by atoms with van der Waals surface area (Å²) >= 11 is 0. The van der Waals surface area contributed by atoms with Crippen LogP contribution < -0.4 is 5.32 Å². The molecule has 1 aromatic rings. The van der Waals surface area contributed by atoms with Crippen molar-refractivity contribution < 1.29 is 28.2 Å². The lowest BCUT2D eigenvalue weighted by molar-refractivity contribution is -0.148. The summed E-state index contributed by atoms with van der Waals surface area (Å²) in [6.45, 7) is 0.218. The van der Waals surface area contributed by atoms with Crippen molar-refractivity contribution in [3.05, 3.63) is 35.4 Å². The van der Waals surface area contributed by atoms with Gasteiger partial charge in [-0.25, -0.2) is 13.6 Å². The molecule has 2 atom stereocenters. The number of hydrogen-bond donors (Lipinski definition) is 2. The van der Waals surface area contributed by atoms with E-state index >= 15 is 0 Å². The van der Waals surface area contributed by atoms with Crippen LogP contribution in [-0.4, -0.2) is 35.7 Å². The maximum Gasteiger partial charge on any atom is 0.334 e. The van der Waals surface area contributed by atoms with Crippen LogP contribution in [0, 0.1) is 11.6 Å².